The van der Waals surface area contributed by atoms with Crippen LogP contribution in [0.5, 0.6) is 0 Å². The first kappa shape index (κ1) is 42.7. The van der Waals surface area contributed by atoms with Crippen molar-refractivity contribution in [1.82, 2.24) is 0 Å². The molecule has 6 N–H and O–H groups in total. The van der Waals surface area contributed by atoms with Crippen molar-refractivity contribution in [3.05, 3.63) is 10.1 Å². The van der Waals surface area contributed by atoms with Crippen molar-refractivity contribution in [3.8, 4) is 0 Å². The standard InChI is InChI=1S/2Ce.ClH.HNO3.H3O4P.H2O4S.O/c;;;2-1(3)4;2*1-5(2,3)4;/h;;1H;(H,2,3,4);(H3,1,2,3,4);(H2,1,2,3,4);/q;;;;;;-2/p-1. The zero-order chi connectivity index (χ0) is 12.6. The van der Waals surface area contributed by atoms with Crippen molar-refractivity contribution >= 4 is 18.2 Å². The number of hydrogen-bond acceptors (Lipinski definition) is 5. The Morgan fingerprint density at radius 1 is 1.06 bits per heavy atom. The van der Waals surface area contributed by atoms with Crippen molar-refractivity contribution in [3.63, 3.8) is 0 Å². The van der Waals surface area contributed by atoms with Crippen LogP contribution < -0.4 is 12.4 Å². The fourth-order valence-electron chi connectivity index (χ4n) is 0. The molecule has 0 saturated heterocycles. The quantitative estimate of drug-likeness (QED) is 0.0674. The van der Waals surface area contributed by atoms with Crippen LogP contribution in [0.3, 0.4) is 0 Å². The van der Waals surface area contributed by atoms with Gasteiger partial charge in [0.1, 0.15) is 0 Å². The maximum atomic E-state index is 8.88. The first-order valence-corrected chi connectivity index (χ1v) is 5.01. The summed E-state index contributed by atoms with van der Waals surface area (Å²) in [6, 6.07) is 0. The van der Waals surface area contributed by atoms with Gasteiger partial charge in [-0.05, 0) is 0 Å². The van der Waals surface area contributed by atoms with Gasteiger partial charge in [0.25, 0.3) is 5.09 Å². The molecule has 18 heavy (non-hydrogen) atoms. The van der Waals surface area contributed by atoms with Crippen LogP contribution in [0.1, 0.15) is 0 Å². The predicted octanol–water partition coefficient (Wildman–Crippen LogP) is -5.04. The van der Waals surface area contributed by atoms with Gasteiger partial charge in [0.05, 0.1) is 0 Å². The Kier molecular flexibility index (Phi) is 51.0. The molecule has 0 fully saturated rings. The summed E-state index contributed by atoms with van der Waals surface area (Å²) in [4.78, 5) is 29.9. The molecule has 13 nitrogen and oxygen atoms in total. The Balaban J connectivity index is -0.0000000183. The molecule has 0 radical (unpaired) electrons. The van der Waals surface area contributed by atoms with Crippen LogP contribution >= 0.6 is 7.82 Å². The van der Waals surface area contributed by atoms with Crippen LogP contribution in [0.25, 0.3) is 0 Å². The van der Waals surface area contributed by atoms with Crippen LogP contribution in [0.15, 0.2) is 0 Å². The van der Waals surface area contributed by atoms with E-state index in [1.807, 2.05) is 0 Å². The van der Waals surface area contributed by atoms with Crippen LogP contribution in [0, 0.1) is 93.6 Å². The third-order valence-electron chi connectivity index (χ3n) is 0. The maximum absolute atomic E-state index is 8.88. The van der Waals surface area contributed by atoms with Crippen LogP contribution in [-0.2, 0) is 20.4 Å². The summed E-state index contributed by atoms with van der Waals surface area (Å²) in [7, 11) is -9.31. The first-order chi connectivity index (χ1) is 5.73. The molecule has 0 aliphatic rings. The van der Waals surface area contributed by atoms with Crippen LogP contribution in [0.2, 0.25) is 0 Å². The van der Waals surface area contributed by atoms with E-state index < -0.39 is 23.3 Å². The average molecular weight is 591 g/mol. The number of hydrogen-bond donors (Lipinski definition) is 6. The summed E-state index contributed by atoms with van der Waals surface area (Å²) in [5, 5.41) is 13.6. The van der Waals surface area contributed by atoms with E-state index in [2.05, 4.69) is 0 Å². The molecule has 0 aromatic rings. The second kappa shape index (κ2) is 21.5. The van der Waals surface area contributed by atoms with Crippen LogP contribution in [0.4, 0.5) is 0 Å². The Hall–Kier alpha value is 2.18. The molecule has 0 amide bonds. The molecule has 0 aromatic carbocycles. The summed E-state index contributed by atoms with van der Waals surface area (Å²) >= 11 is 0. The molecule has 18 heteroatoms. The summed E-state index contributed by atoms with van der Waals surface area (Å²) in [5.74, 6) is 0. The van der Waals surface area contributed by atoms with Gasteiger partial charge in [-0.3, -0.25) is 9.11 Å². The number of rotatable bonds is 0. The second-order valence-electron chi connectivity index (χ2n) is 1.20. The maximum Gasteiger partial charge on any atom is 0.466 e. The minimum atomic E-state index is -4.67. The summed E-state index contributed by atoms with van der Waals surface area (Å²) in [5.41, 5.74) is 0. The fourth-order valence-corrected chi connectivity index (χ4v) is 0. The molecule has 0 aromatic heterocycles. The Morgan fingerprint density at radius 2 is 1.06 bits per heavy atom. The van der Waals surface area contributed by atoms with E-state index in [1.54, 1.807) is 0 Å². The van der Waals surface area contributed by atoms with Crippen molar-refractivity contribution < 1.29 is 148 Å². The predicted molar refractivity (Wildman–Crippen MR) is 37.9 cm³/mol. The average Bonchev–Trinajstić information content (AvgIpc) is 1.45. The third kappa shape index (κ3) is 1130. The van der Waals surface area contributed by atoms with Crippen molar-refractivity contribution in [2.45, 2.75) is 0 Å². The van der Waals surface area contributed by atoms with E-state index in [0.717, 1.165) is 0 Å². The number of halogens is 1. The first-order valence-electron chi connectivity index (χ1n) is 2.05. The van der Waals surface area contributed by atoms with E-state index in [9.17, 15) is 0 Å². The van der Waals surface area contributed by atoms with Crippen molar-refractivity contribution in [2.24, 2.45) is 0 Å². The third-order valence-corrected chi connectivity index (χ3v) is 0. The van der Waals surface area contributed by atoms with Gasteiger partial charge < -0.3 is 37.8 Å². The molecular formula is H6Ce2ClNO12PS-3. The van der Waals surface area contributed by atoms with Crippen molar-refractivity contribution in [1.29, 1.82) is 0 Å². The topological polar surface area (TPSA) is 244 Å². The molecule has 0 saturated carbocycles. The normalized spacial score (nSPS) is 7.83. The van der Waals surface area contributed by atoms with Gasteiger partial charge in [-0.25, -0.2) is 4.57 Å². The molecule has 0 aliphatic heterocycles. The molecule has 0 atom stereocenters. The Labute approximate surface area is 174 Å². The molecular weight excluding hydrogens is 585 g/mol. The molecule has 0 rings (SSSR count). The monoisotopic (exact) mass is 590 g/mol. The van der Waals surface area contributed by atoms with E-state index in [0.29, 0.717) is 0 Å². The molecule has 0 unspecified atom stereocenters. The number of phosphoric acid groups is 1. The van der Waals surface area contributed by atoms with Gasteiger partial charge in [0.15, 0.2) is 0 Å². The minimum absolute atomic E-state index is 0. The number of nitrogens with zero attached hydrogens (tertiary/aromatic N) is 1. The molecule has 0 spiro atoms. The van der Waals surface area contributed by atoms with Gasteiger partial charge in [0.2, 0.25) is 0 Å². The van der Waals surface area contributed by atoms with Gasteiger partial charge in [0, 0.05) is 83.5 Å². The van der Waals surface area contributed by atoms with E-state index >= 15 is 0 Å². The molecule has 0 aliphatic carbocycles. The van der Waals surface area contributed by atoms with Gasteiger partial charge >= 0.3 is 18.2 Å². The Morgan fingerprint density at radius 3 is 1.06 bits per heavy atom. The fraction of sp³-hybridized carbons (Fsp3) is 0. The van der Waals surface area contributed by atoms with E-state index in [1.165, 1.54) is 0 Å². The zero-order valence-corrected chi connectivity index (χ0v) is 16.6. The SMILES string of the molecule is O=P(O)(O)O.O=S(=O)(O)O.O=[N+]([O-])O.[Ce].[Ce].[Cl-].[O-2]. The summed E-state index contributed by atoms with van der Waals surface area (Å²) in [6.07, 6.45) is 0. The molecule has 0 heterocycles. The van der Waals surface area contributed by atoms with Crippen LogP contribution in [-0.4, -0.2) is 42.5 Å². The molecule has 112 valence electrons. The minimum Gasteiger partial charge on any atom is -2.00 e. The smallest absolute Gasteiger partial charge is 0.466 e. The second-order valence-corrected chi connectivity index (χ2v) is 3.12. The van der Waals surface area contributed by atoms with Crippen molar-refractivity contribution in [2.75, 3.05) is 0 Å². The van der Waals surface area contributed by atoms with E-state index in [4.69, 9.17) is 52.1 Å². The molecule has 0 bridgehead atoms. The Bertz CT molecular complexity index is 275. The largest absolute Gasteiger partial charge is 2.00 e. The summed E-state index contributed by atoms with van der Waals surface area (Å²) < 4.78 is 40.5. The van der Waals surface area contributed by atoms with Gasteiger partial charge in [-0.2, -0.15) is 8.42 Å². The zero-order valence-electron chi connectivity index (χ0n) is 7.81. The summed E-state index contributed by atoms with van der Waals surface area (Å²) in [6.45, 7) is 0. The van der Waals surface area contributed by atoms with Gasteiger partial charge in [-0.15, -0.1) is 10.1 Å². The van der Waals surface area contributed by atoms with Gasteiger partial charge in [-0.1, -0.05) is 0 Å². The van der Waals surface area contributed by atoms with E-state index in [-0.39, 0.29) is 101 Å².